The summed E-state index contributed by atoms with van der Waals surface area (Å²) in [5.41, 5.74) is 2.44. The van der Waals surface area contributed by atoms with E-state index >= 15 is 0 Å². The van der Waals surface area contributed by atoms with Crippen LogP contribution in [0.5, 0.6) is 0 Å². The monoisotopic (exact) mass is 269 g/mol. The summed E-state index contributed by atoms with van der Waals surface area (Å²) >= 11 is 0. The van der Waals surface area contributed by atoms with E-state index in [9.17, 15) is 4.79 Å². The third-order valence-electron chi connectivity index (χ3n) is 4.51. The molecule has 0 aromatic heterocycles. The average Bonchev–Trinajstić information content (AvgIpc) is 2.49. The molecule has 2 aliphatic carbocycles. The van der Waals surface area contributed by atoms with Gasteiger partial charge in [-0.25, -0.2) is 0 Å². The Morgan fingerprint density at radius 2 is 1.70 bits per heavy atom. The number of ketones is 1. The quantitative estimate of drug-likeness (QED) is 0.900. The van der Waals surface area contributed by atoms with Gasteiger partial charge in [-0.1, -0.05) is 49.6 Å². The topological polar surface area (TPSA) is 29.1 Å². The molecule has 1 N–H and O–H groups in total. The van der Waals surface area contributed by atoms with E-state index in [4.69, 9.17) is 0 Å². The Morgan fingerprint density at radius 3 is 2.45 bits per heavy atom. The highest BCUT2D eigenvalue weighted by atomic mass is 16.1. The van der Waals surface area contributed by atoms with Crippen LogP contribution in [0.25, 0.3) is 0 Å². The summed E-state index contributed by atoms with van der Waals surface area (Å²) in [6.45, 7) is 0. The molecule has 1 aromatic carbocycles. The number of carbonyl (C=O) groups excluding carboxylic acids is 1. The third kappa shape index (κ3) is 3.30. The van der Waals surface area contributed by atoms with Crippen LogP contribution in [0.1, 0.15) is 56.4 Å². The molecule has 0 saturated heterocycles. The number of allylic oxidation sites excluding steroid dienone is 2. The van der Waals surface area contributed by atoms with Crippen LogP contribution in [0, 0.1) is 0 Å². The van der Waals surface area contributed by atoms with Crippen LogP contribution in [0.15, 0.2) is 42.1 Å². The molecule has 1 atom stereocenters. The van der Waals surface area contributed by atoms with E-state index < -0.39 is 0 Å². The van der Waals surface area contributed by atoms with Gasteiger partial charge < -0.3 is 5.32 Å². The van der Waals surface area contributed by atoms with Crippen molar-refractivity contribution in [2.75, 3.05) is 0 Å². The zero-order valence-corrected chi connectivity index (χ0v) is 12.0. The molecular formula is C18H23NO. The SMILES string of the molecule is O=C1C=C(NC2CCCCC2)C[C@H](c2ccccc2)C1. The first-order valence-electron chi connectivity index (χ1n) is 7.86. The number of benzene rings is 1. The molecule has 0 aliphatic heterocycles. The summed E-state index contributed by atoms with van der Waals surface area (Å²) in [5.74, 6) is 0.614. The lowest BCUT2D eigenvalue weighted by atomic mass is 9.85. The number of hydrogen-bond acceptors (Lipinski definition) is 2. The summed E-state index contributed by atoms with van der Waals surface area (Å²) in [7, 11) is 0. The Labute approximate surface area is 121 Å². The van der Waals surface area contributed by atoms with Crippen molar-refractivity contribution in [3.63, 3.8) is 0 Å². The number of nitrogens with one attached hydrogen (secondary N) is 1. The van der Waals surface area contributed by atoms with E-state index in [2.05, 4.69) is 29.6 Å². The zero-order valence-electron chi connectivity index (χ0n) is 12.0. The van der Waals surface area contributed by atoms with Gasteiger partial charge in [0, 0.05) is 24.2 Å². The van der Waals surface area contributed by atoms with E-state index in [1.165, 1.54) is 37.7 Å². The molecule has 1 aromatic rings. The minimum absolute atomic E-state index is 0.267. The minimum atomic E-state index is 0.267. The van der Waals surface area contributed by atoms with Crippen LogP contribution < -0.4 is 5.32 Å². The normalized spacial score (nSPS) is 24.3. The maximum absolute atomic E-state index is 12.0. The van der Waals surface area contributed by atoms with Crippen molar-refractivity contribution in [1.29, 1.82) is 0 Å². The van der Waals surface area contributed by atoms with Crippen LogP contribution in [-0.2, 0) is 4.79 Å². The Kier molecular flexibility index (Phi) is 4.19. The Balaban J connectivity index is 1.67. The van der Waals surface area contributed by atoms with Crippen LogP contribution >= 0.6 is 0 Å². The predicted molar refractivity (Wildman–Crippen MR) is 81.5 cm³/mol. The summed E-state index contributed by atoms with van der Waals surface area (Å²) in [5, 5.41) is 3.63. The molecule has 2 nitrogen and oxygen atoms in total. The molecule has 20 heavy (non-hydrogen) atoms. The van der Waals surface area contributed by atoms with Crippen molar-refractivity contribution in [3.8, 4) is 0 Å². The van der Waals surface area contributed by atoms with Gasteiger partial charge in [0.05, 0.1) is 0 Å². The lowest BCUT2D eigenvalue weighted by Crippen LogP contribution is -2.32. The molecule has 2 heteroatoms. The van der Waals surface area contributed by atoms with E-state index in [1.54, 1.807) is 0 Å². The molecule has 0 unspecified atom stereocenters. The lowest BCUT2D eigenvalue weighted by Gasteiger charge is -2.29. The van der Waals surface area contributed by atoms with Gasteiger partial charge in [-0.2, -0.15) is 0 Å². The van der Waals surface area contributed by atoms with Crippen LogP contribution in [0.4, 0.5) is 0 Å². The highest BCUT2D eigenvalue weighted by molar-refractivity contribution is 5.92. The first-order chi connectivity index (χ1) is 9.81. The van der Waals surface area contributed by atoms with Crippen LogP contribution in [0.2, 0.25) is 0 Å². The highest BCUT2D eigenvalue weighted by Gasteiger charge is 2.23. The Bertz CT molecular complexity index is 485. The summed E-state index contributed by atoms with van der Waals surface area (Å²) in [6, 6.07) is 11.0. The van der Waals surface area contributed by atoms with E-state index in [-0.39, 0.29) is 5.78 Å². The first-order valence-corrected chi connectivity index (χ1v) is 7.86. The second-order valence-corrected chi connectivity index (χ2v) is 6.13. The largest absolute Gasteiger partial charge is 0.385 e. The molecular weight excluding hydrogens is 246 g/mol. The van der Waals surface area contributed by atoms with Gasteiger partial charge >= 0.3 is 0 Å². The number of rotatable bonds is 3. The summed E-state index contributed by atoms with van der Waals surface area (Å²) in [6.07, 6.45) is 9.98. The van der Waals surface area contributed by atoms with Gasteiger partial charge in [-0.05, 0) is 30.7 Å². The fourth-order valence-corrected chi connectivity index (χ4v) is 3.46. The van der Waals surface area contributed by atoms with Crippen molar-refractivity contribution in [3.05, 3.63) is 47.7 Å². The second-order valence-electron chi connectivity index (χ2n) is 6.13. The van der Waals surface area contributed by atoms with Crippen LogP contribution in [0.3, 0.4) is 0 Å². The fraction of sp³-hybridized carbons (Fsp3) is 0.500. The first kappa shape index (κ1) is 13.4. The molecule has 1 saturated carbocycles. The van der Waals surface area contributed by atoms with Gasteiger partial charge in [-0.15, -0.1) is 0 Å². The second kappa shape index (κ2) is 6.25. The van der Waals surface area contributed by atoms with Gasteiger partial charge in [-0.3, -0.25) is 4.79 Å². The van der Waals surface area contributed by atoms with Gasteiger partial charge in [0.2, 0.25) is 0 Å². The maximum atomic E-state index is 12.0. The van der Waals surface area contributed by atoms with Gasteiger partial charge in [0.1, 0.15) is 0 Å². The molecule has 0 spiro atoms. The predicted octanol–water partition coefficient (Wildman–Crippen LogP) is 3.94. The van der Waals surface area contributed by atoms with Crippen molar-refractivity contribution in [1.82, 2.24) is 5.32 Å². The standard InChI is InChI=1S/C18H23NO/c20-18-12-15(14-7-3-1-4-8-14)11-17(13-18)19-16-9-5-2-6-10-16/h1,3-4,7-8,13,15-16,19H,2,5-6,9-12H2/t15-/m0/s1. The van der Waals surface area contributed by atoms with Crippen LogP contribution in [-0.4, -0.2) is 11.8 Å². The molecule has 0 heterocycles. The summed E-state index contributed by atoms with van der Waals surface area (Å²) in [4.78, 5) is 12.0. The molecule has 0 amide bonds. The fourth-order valence-electron chi connectivity index (χ4n) is 3.46. The Morgan fingerprint density at radius 1 is 0.950 bits per heavy atom. The molecule has 0 bridgehead atoms. The van der Waals surface area contributed by atoms with E-state index in [1.807, 2.05) is 12.1 Å². The third-order valence-corrected chi connectivity index (χ3v) is 4.51. The summed E-state index contributed by atoms with van der Waals surface area (Å²) < 4.78 is 0. The highest BCUT2D eigenvalue weighted by Crippen LogP contribution is 2.31. The molecule has 106 valence electrons. The van der Waals surface area contributed by atoms with Crippen molar-refractivity contribution < 1.29 is 4.79 Å². The molecule has 1 fully saturated rings. The molecule has 2 aliphatic rings. The van der Waals surface area contributed by atoms with E-state index in [0.717, 1.165) is 12.1 Å². The molecule has 3 rings (SSSR count). The van der Waals surface area contributed by atoms with E-state index in [0.29, 0.717) is 18.4 Å². The van der Waals surface area contributed by atoms with Crippen molar-refractivity contribution >= 4 is 5.78 Å². The van der Waals surface area contributed by atoms with Gasteiger partial charge in [0.25, 0.3) is 0 Å². The average molecular weight is 269 g/mol. The van der Waals surface area contributed by atoms with Gasteiger partial charge in [0.15, 0.2) is 5.78 Å². The smallest absolute Gasteiger partial charge is 0.158 e. The van der Waals surface area contributed by atoms with Crippen molar-refractivity contribution in [2.45, 2.75) is 56.9 Å². The Hall–Kier alpha value is -1.57. The lowest BCUT2D eigenvalue weighted by molar-refractivity contribution is -0.115. The van der Waals surface area contributed by atoms with Crippen molar-refractivity contribution in [2.24, 2.45) is 0 Å². The molecule has 0 radical (unpaired) electrons. The maximum Gasteiger partial charge on any atom is 0.158 e. The number of carbonyl (C=O) groups is 1. The zero-order chi connectivity index (χ0) is 13.8. The minimum Gasteiger partial charge on any atom is -0.385 e. The number of hydrogen-bond donors (Lipinski definition) is 1.